The monoisotopic (exact) mass is 394 g/mol. The molecular formula is C17H12Cl2N2O5. The number of carbonyl (C=O) groups is 2. The largest absolute Gasteiger partial charge is 0.465 e. The first kappa shape index (κ1) is 18.0. The average Bonchev–Trinajstić information content (AvgIpc) is 2.91. The highest BCUT2D eigenvalue weighted by Crippen LogP contribution is 2.25. The molecule has 0 fully saturated rings. The Morgan fingerprint density at radius 1 is 1.19 bits per heavy atom. The summed E-state index contributed by atoms with van der Waals surface area (Å²) in [4.78, 5) is 35.9. The predicted molar refractivity (Wildman–Crippen MR) is 96.9 cm³/mol. The summed E-state index contributed by atoms with van der Waals surface area (Å²) in [5, 5.41) is 3.31. The van der Waals surface area contributed by atoms with Crippen LogP contribution in [-0.4, -0.2) is 23.6 Å². The summed E-state index contributed by atoms with van der Waals surface area (Å²) >= 11 is 11.8. The first-order valence-corrected chi connectivity index (χ1v) is 8.11. The van der Waals surface area contributed by atoms with E-state index in [1.165, 1.54) is 31.4 Å². The van der Waals surface area contributed by atoms with E-state index in [9.17, 15) is 14.4 Å². The second kappa shape index (κ2) is 7.23. The smallest absolute Gasteiger partial charge is 0.420 e. The minimum atomic E-state index is -0.723. The Kier molecular flexibility index (Phi) is 5.01. The van der Waals surface area contributed by atoms with Crippen LogP contribution in [0.15, 0.2) is 45.6 Å². The van der Waals surface area contributed by atoms with Gasteiger partial charge >= 0.3 is 11.7 Å². The molecule has 1 N–H and O–H groups in total. The molecule has 0 spiro atoms. The van der Waals surface area contributed by atoms with E-state index >= 15 is 0 Å². The standard InChI is InChI=1S/C17H12Cl2N2O5/c1-25-16(23)9-2-5-13-14(6-9)26-17(24)21(13)8-15(22)20-12-4-3-10(18)7-11(12)19/h2-7H,8H2,1H3,(H,20,22). The number of fused-ring (bicyclic) bond motifs is 1. The highest BCUT2D eigenvalue weighted by molar-refractivity contribution is 6.36. The van der Waals surface area contributed by atoms with Crippen LogP contribution in [0.1, 0.15) is 10.4 Å². The van der Waals surface area contributed by atoms with Crippen LogP contribution in [0.5, 0.6) is 0 Å². The third-order valence-electron chi connectivity index (χ3n) is 3.60. The molecule has 0 radical (unpaired) electrons. The molecule has 1 heterocycles. The predicted octanol–water partition coefficient (Wildman–Crippen LogP) is 3.33. The van der Waals surface area contributed by atoms with Gasteiger partial charge in [-0.1, -0.05) is 23.2 Å². The lowest BCUT2D eigenvalue weighted by Crippen LogP contribution is -2.24. The molecule has 134 valence electrons. The number of anilines is 1. The van der Waals surface area contributed by atoms with Gasteiger partial charge in [0, 0.05) is 5.02 Å². The molecule has 0 saturated carbocycles. The lowest BCUT2D eigenvalue weighted by atomic mass is 10.2. The minimum absolute atomic E-state index is 0.176. The number of amides is 1. The van der Waals surface area contributed by atoms with Crippen LogP contribution in [-0.2, 0) is 16.1 Å². The third-order valence-corrected chi connectivity index (χ3v) is 4.14. The van der Waals surface area contributed by atoms with E-state index in [1.807, 2.05) is 0 Å². The summed E-state index contributed by atoms with van der Waals surface area (Å²) in [6.45, 7) is -0.289. The highest BCUT2D eigenvalue weighted by atomic mass is 35.5. The van der Waals surface area contributed by atoms with Gasteiger partial charge in [-0.3, -0.25) is 9.36 Å². The fraction of sp³-hybridized carbons (Fsp3) is 0.118. The Morgan fingerprint density at radius 2 is 1.96 bits per heavy atom. The number of hydrogen-bond acceptors (Lipinski definition) is 5. The Morgan fingerprint density at radius 3 is 2.65 bits per heavy atom. The first-order chi connectivity index (χ1) is 12.4. The Labute approximate surface area is 157 Å². The zero-order valence-electron chi connectivity index (χ0n) is 13.4. The first-order valence-electron chi connectivity index (χ1n) is 7.35. The summed E-state index contributed by atoms with van der Waals surface area (Å²) < 4.78 is 10.9. The van der Waals surface area contributed by atoms with Gasteiger partial charge in [0.15, 0.2) is 5.58 Å². The fourth-order valence-electron chi connectivity index (χ4n) is 2.39. The number of ether oxygens (including phenoxy) is 1. The summed E-state index contributed by atoms with van der Waals surface area (Å²) in [7, 11) is 1.25. The Hall–Kier alpha value is -2.77. The maximum atomic E-state index is 12.3. The van der Waals surface area contributed by atoms with Crippen LogP contribution < -0.4 is 11.1 Å². The van der Waals surface area contributed by atoms with Crippen molar-refractivity contribution in [3.05, 3.63) is 62.6 Å². The van der Waals surface area contributed by atoms with E-state index in [0.29, 0.717) is 16.2 Å². The van der Waals surface area contributed by atoms with Crippen molar-refractivity contribution in [2.24, 2.45) is 0 Å². The molecule has 0 saturated heterocycles. The van der Waals surface area contributed by atoms with E-state index in [2.05, 4.69) is 10.1 Å². The molecule has 0 unspecified atom stereocenters. The Bertz CT molecular complexity index is 1070. The van der Waals surface area contributed by atoms with Crippen LogP contribution in [0.2, 0.25) is 10.0 Å². The molecular weight excluding hydrogens is 383 g/mol. The van der Waals surface area contributed by atoms with E-state index in [-0.39, 0.29) is 22.7 Å². The summed E-state index contributed by atoms with van der Waals surface area (Å²) in [5.74, 6) is -1.76. The van der Waals surface area contributed by atoms with Gasteiger partial charge in [0.25, 0.3) is 0 Å². The quantitative estimate of drug-likeness (QED) is 0.685. The third kappa shape index (κ3) is 3.58. The molecule has 2 aromatic carbocycles. The van der Waals surface area contributed by atoms with Crippen LogP contribution in [0.4, 0.5) is 5.69 Å². The van der Waals surface area contributed by atoms with Gasteiger partial charge in [-0.2, -0.15) is 0 Å². The molecule has 1 aromatic heterocycles. The summed E-state index contributed by atoms with van der Waals surface area (Å²) in [5.41, 5.74) is 1.16. The van der Waals surface area contributed by atoms with Crippen molar-refractivity contribution in [1.82, 2.24) is 4.57 Å². The van der Waals surface area contributed by atoms with Gasteiger partial charge in [-0.25, -0.2) is 9.59 Å². The molecule has 26 heavy (non-hydrogen) atoms. The van der Waals surface area contributed by atoms with Crippen molar-refractivity contribution in [2.75, 3.05) is 12.4 Å². The van der Waals surface area contributed by atoms with Crippen molar-refractivity contribution in [1.29, 1.82) is 0 Å². The molecule has 0 aliphatic carbocycles. The SMILES string of the molecule is COC(=O)c1ccc2c(c1)oc(=O)n2CC(=O)Nc1ccc(Cl)cc1Cl. The van der Waals surface area contributed by atoms with E-state index in [1.54, 1.807) is 12.1 Å². The summed E-state index contributed by atoms with van der Waals surface area (Å²) in [6, 6.07) is 9.00. The molecule has 0 aliphatic heterocycles. The van der Waals surface area contributed by atoms with Crippen LogP contribution in [0.3, 0.4) is 0 Å². The molecule has 0 bridgehead atoms. The van der Waals surface area contributed by atoms with Crippen LogP contribution in [0.25, 0.3) is 11.1 Å². The van der Waals surface area contributed by atoms with Crippen LogP contribution >= 0.6 is 23.2 Å². The number of halogens is 2. The second-order valence-corrected chi connectivity index (χ2v) is 6.14. The summed E-state index contributed by atoms with van der Waals surface area (Å²) in [6.07, 6.45) is 0. The lowest BCUT2D eigenvalue weighted by molar-refractivity contribution is -0.116. The van der Waals surface area contributed by atoms with Gasteiger partial charge in [0.05, 0.1) is 28.9 Å². The number of benzene rings is 2. The van der Waals surface area contributed by atoms with Crippen molar-refractivity contribution < 1.29 is 18.7 Å². The highest BCUT2D eigenvalue weighted by Gasteiger charge is 2.16. The average molecular weight is 395 g/mol. The zero-order chi connectivity index (χ0) is 18.8. The topological polar surface area (TPSA) is 90.5 Å². The normalized spacial score (nSPS) is 10.7. The number of methoxy groups -OCH3 is 1. The van der Waals surface area contributed by atoms with Crippen LogP contribution in [0, 0.1) is 0 Å². The lowest BCUT2D eigenvalue weighted by Gasteiger charge is -2.08. The fourth-order valence-corrected chi connectivity index (χ4v) is 2.84. The van der Waals surface area contributed by atoms with Gasteiger partial charge in [0.1, 0.15) is 6.54 Å². The second-order valence-electron chi connectivity index (χ2n) is 5.30. The number of oxazole rings is 1. The van der Waals surface area contributed by atoms with Gasteiger partial charge in [-0.05, 0) is 36.4 Å². The molecule has 3 rings (SSSR count). The minimum Gasteiger partial charge on any atom is -0.465 e. The number of aromatic nitrogens is 1. The molecule has 3 aromatic rings. The molecule has 0 atom stereocenters. The van der Waals surface area contributed by atoms with E-state index in [0.717, 1.165) is 4.57 Å². The number of carbonyl (C=O) groups excluding carboxylic acids is 2. The number of nitrogens with zero attached hydrogens (tertiary/aromatic N) is 1. The number of nitrogens with one attached hydrogen (secondary N) is 1. The zero-order valence-corrected chi connectivity index (χ0v) is 14.9. The molecule has 0 aliphatic rings. The van der Waals surface area contributed by atoms with Gasteiger partial charge in [0.2, 0.25) is 5.91 Å². The maximum absolute atomic E-state index is 12.3. The maximum Gasteiger partial charge on any atom is 0.420 e. The number of hydrogen-bond donors (Lipinski definition) is 1. The van der Waals surface area contributed by atoms with Crippen molar-refractivity contribution >= 4 is 51.9 Å². The number of esters is 1. The molecule has 9 heteroatoms. The van der Waals surface area contributed by atoms with Gasteiger partial charge in [-0.15, -0.1) is 0 Å². The molecule has 7 nitrogen and oxygen atoms in total. The van der Waals surface area contributed by atoms with Gasteiger partial charge < -0.3 is 14.5 Å². The van der Waals surface area contributed by atoms with Crippen molar-refractivity contribution in [3.8, 4) is 0 Å². The van der Waals surface area contributed by atoms with E-state index in [4.69, 9.17) is 27.6 Å². The van der Waals surface area contributed by atoms with Crippen molar-refractivity contribution in [2.45, 2.75) is 6.54 Å². The Balaban J connectivity index is 1.86. The number of rotatable bonds is 4. The van der Waals surface area contributed by atoms with Crippen molar-refractivity contribution in [3.63, 3.8) is 0 Å². The van der Waals surface area contributed by atoms with E-state index < -0.39 is 17.6 Å². The molecule has 1 amide bonds.